The molecule has 0 radical (unpaired) electrons. The first-order chi connectivity index (χ1) is 10.2. The summed E-state index contributed by atoms with van der Waals surface area (Å²) in [4.78, 5) is 14.9. The number of hydrogen-bond acceptors (Lipinski definition) is 2. The Bertz CT molecular complexity index is 735. The molecular formula is C15H13ClF2N2O2. The monoisotopic (exact) mass is 326 g/mol. The molecule has 1 aromatic heterocycles. The lowest BCUT2D eigenvalue weighted by Crippen LogP contribution is -2.40. The summed E-state index contributed by atoms with van der Waals surface area (Å²) in [5.74, 6) is -1.47. The van der Waals surface area contributed by atoms with Gasteiger partial charge in [-0.3, -0.25) is 0 Å². The molecule has 2 N–H and O–H groups in total. The van der Waals surface area contributed by atoms with Crippen molar-refractivity contribution in [3.63, 3.8) is 0 Å². The van der Waals surface area contributed by atoms with E-state index in [4.69, 9.17) is 16.7 Å². The maximum absolute atomic E-state index is 13.9. The molecule has 0 aliphatic heterocycles. The van der Waals surface area contributed by atoms with Gasteiger partial charge in [-0.15, -0.1) is 0 Å². The van der Waals surface area contributed by atoms with Crippen LogP contribution >= 0.6 is 11.6 Å². The van der Waals surface area contributed by atoms with Crippen LogP contribution in [0.3, 0.4) is 0 Å². The van der Waals surface area contributed by atoms with Gasteiger partial charge in [-0.25, -0.2) is 18.6 Å². The Kier molecular flexibility index (Phi) is 4.32. The molecule has 0 unspecified atom stereocenters. The number of rotatable bonds is 3. The van der Waals surface area contributed by atoms with Gasteiger partial charge >= 0.3 is 6.09 Å². The third kappa shape index (κ3) is 3.51. The molecule has 1 amide bonds. The molecule has 2 aromatic rings. The fourth-order valence-electron chi connectivity index (χ4n) is 2.03. The third-order valence-electron chi connectivity index (χ3n) is 3.14. The maximum atomic E-state index is 13.9. The normalized spacial score (nSPS) is 11.3. The van der Waals surface area contributed by atoms with Gasteiger partial charge in [-0.05, 0) is 43.7 Å². The van der Waals surface area contributed by atoms with E-state index in [0.29, 0.717) is 5.56 Å². The van der Waals surface area contributed by atoms with Crippen LogP contribution in [0.2, 0.25) is 5.15 Å². The molecule has 4 nitrogen and oxygen atoms in total. The van der Waals surface area contributed by atoms with Crippen LogP contribution in [0.4, 0.5) is 13.6 Å². The number of pyridine rings is 1. The number of amides is 1. The molecule has 2 rings (SSSR count). The van der Waals surface area contributed by atoms with E-state index in [2.05, 4.69) is 10.3 Å². The second-order valence-electron chi connectivity index (χ2n) is 5.24. The first-order valence-corrected chi connectivity index (χ1v) is 6.71. The Labute approximate surface area is 130 Å². The third-order valence-corrected chi connectivity index (χ3v) is 3.34. The molecule has 7 heteroatoms. The van der Waals surface area contributed by atoms with Crippen molar-refractivity contribution < 1.29 is 18.7 Å². The van der Waals surface area contributed by atoms with Crippen LogP contribution < -0.4 is 5.32 Å². The minimum atomic E-state index is -1.20. The summed E-state index contributed by atoms with van der Waals surface area (Å²) >= 11 is 5.94. The van der Waals surface area contributed by atoms with Crippen LogP contribution in [0.15, 0.2) is 30.3 Å². The van der Waals surface area contributed by atoms with E-state index in [1.165, 1.54) is 18.2 Å². The van der Waals surface area contributed by atoms with Gasteiger partial charge < -0.3 is 10.4 Å². The van der Waals surface area contributed by atoms with Crippen LogP contribution in [0.5, 0.6) is 0 Å². The first kappa shape index (κ1) is 16.2. The van der Waals surface area contributed by atoms with Gasteiger partial charge in [0.25, 0.3) is 0 Å². The van der Waals surface area contributed by atoms with E-state index in [1.54, 1.807) is 13.8 Å². The van der Waals surface area contributed by atoms with Crippen molar-refractivity contribution in [2.75, 3.05) is 0 Å². The molecule has 0 spiro atoms. The number of halogens is 3. The number of nitrogens with zero attached hydrogens (tertiary/aromatic N) is 1. The molecule has 0 aliphatic rings. The van der Waals surface area contributed by atoms with E-state index < -0.39 is 23.3 Å². The fraction of sp³-hybridized carbons (Fsp3) is 0.200. The van der Waals surface area contributed by atoms with Crippen molar-refractivity contribution in [3.8, 4) is 11.3 Å². The summed E-state index contributed by atoms with van der Waals surface area (Å²) < 4.78 is 26.9. The molecule has 0 saturated heterocycles. The van der Waals surface area contributed by atoms with Gasteiger partial charge in [0.05, 0.1) is 11.2 Å². The lowest BCUT2D eigenvalue weighted by molar-refractivity contribution is 0.182. The molecule has 0 saturated carbocycles. The highest BCUT2D eigenvalue weighted by atomic mass is 35.5. The van der Waals surface area contributed by atoms with Crippen molar-refractivity contribution in [1.29, 1.82) is 0 Å². The highest BCUT2D eigenvalue weighted by Crippen LogP contribution is 2.29. The SMILES string of the molecule is CC(C)(NC(=O)O)c1cc(Cl)nc(-c2ccc(F)cc2F)c1. The summed E-state index contributed by atoms with van der Waals surface area (Å²) in [5, 5.41) is 11.3. The number of benzene rings is 1. The summed E-state index contributed by atoms with van der Waals surface area (Å²) in [5.41, 5.74) is -0.172. The van der Waals surface area contributed by atoms with Crippen molar-refractivity contribution in [2.24, 2.45) is 0 Å². The predicted molar refractivity (Wildman–Crippen MR) is 78.8 cm³/mol. The standard InChI is InChI=1S/C15H13ClF2N2O2/c1-15(2,20-14(21)22)8-5-12(19-13(16)6-8)10-4-3-9(17)7-11(10)18/h3-7,20H,1-2H3,(H,21,22). The smallest absolute Gasteiger partial charge is 0.405 e. The Hall–Kier alpha value is -2.21. The molecule has 0 aliphatic carbocycles. The maximum Gasteiger partial charge on any atom is 0.405 e. The Morgan fingerprint density at radius 1 is 1.27 bits per heavy atom. The number of aromatic nitrogens is 1. The van der Waals surface area contributed by atoms with Crippen molar-refractivity contribution in [3.05, 3.63) is 52.7 Å². The summed E-state index contributed by atoms with van der Waals surface area (Å²) in [6.45, 7) is 3.27. The van der Waals surface area contributed by atoms with Crippen LogP contribution in [0, 0.1) is 11.6 Å². The fourth-order valence-corrected chi connectivity index (χ4v) is 2.24. The average molecular weight is 327 g/mol. The minimum Gasteiger partial charge on any atom is -0.465 e. The lowest BCUT2D eigenvalue weighted by atomic mass is 9.93. The average Bonchev–Trinajstić information content (AvgIpc) is 2.36. The Morgan fingerprint density at radius 2 is 1.95 bits per heavy atom. The molecule has 0 atom stereocenters. The summed E-state index contributed by atoms with van der Waals surface area (Å²) in [6, 6.07) is 6.12. The van der Waals surface area contributed by atoms with Crippen LogP contribution in [0.25, 0.3) is 11.3 Å². The van der Waals surface area contributed by atoms with Gasteiger partial charge in [0.15, 0.2) is 0 Å². The zero-order chi connectivity index (χ0) is 16.5. The Balaban J connectivity index is 2.53. The zero-order valence-corrected chi connectivity index (χ0v) is 12.6. The van der Waals surface area contributed by atoms with Crippen molar-refractivity contribution in [2.45, 2.75) is 19.4 Å². The second-order valence-corrected chi connectivity index (χ2v) is 5.63. The Morgan fingerprint density at radius 3 is 2.55 bits per heavy atom. The largest absolute Gasteiger partial charge is 0.465 e. The highest BCUT2D eigenvalue weighted by Gasteiger charge is 2.24. The van der Waals surface area contributed by atoms with Crippen molar-refractivity contribution >= 4 is 17.7 Å². The van der Waals surface area contributed by atoms with Crippen LogP contribution in [-0.2, 0) is 5.54 Å². The zero-order valence-electron chi connectivity index (χ0n) is 11.8. The van der Waals surface area contributed by atoms with Crippen LogP contribution in [-0.4, -0.2) is 16.2 Å². The van der Waals surface area contributed by atoms with Gasteiger partial charge in [0, 0.05) is 11.6 Å². The minimum absolute atomic E-state index is 0.0799. The second kappa shape index (κ2) is 5.88. The number of carbonyl (C=O) groups is 1. The molecule has 0 bridgehead atoms. The lowest BCUT2D eigenvalue weighted by Gasteiger charge is -2.25. The predicted octanol–water partition coefficient (Wildman–Crippen LogP) is 4.18. The number of carboxylic acid groups (broad SMARTS) is 1. The molecule has 116 valence electrons. The molecule has 22 heavy (non-hydrogen) atoms. The first-order valence-electron chi connectivity index (χ1n) is 6.33. The highest BCUT2D eigenvalue weighted by molar-refractivity contribution is 6.29. The van der Waals surface area contributed by atoms with E-state index >= 15 is 0 Å². The van der Waals surface area contributed by atoms with E-state index in [1.807, 2.05) is 0 Å². The quantitative estimate of drug-likeness (QED) is 0.832. The molecule has 1 heterocycles. The molecule has 0 fully saturated rings. The van der Waals surface area contributed by atoms with E-state index in [-0.39, 0.29) is 16.4 Å². The van der Waals surface area contributed by atoms with Gasteiger partial charge in [-0.2, -0.15) is 0 Å². The topological polar surface area (TPSA) is 62.2 Å². The van der Waals surface area contributed by atoms with E-state index in [0.717, 1.165) is 12.1 Å². The van der Waals surface area contributed by atoms with Crippen LogP contribution in [0.1, 0.15) is 19.4 Å². The molecule has 1 aromatic carbocycles. The van der Waals surface area contributed by atoms with Gasteiger partial charge in [0.2, 0.25) is 0 Å². The summed E-state index contributed by atoms with van der Waals surface area (Å²) in [6.07, 6.45) is -1.20. The van der Waals surface area contributed by atoms with Gasteiger partial charge in [0.1, 0.15) is 16.8 Å². The summed E-state index contributed by atoms with van der Waals surface area (Å²) in [7, 11) is 0. The number of hydrogen-bond donors (Lipinski definition) is 2. The number of nitrogens with one attached hydrogen (secondary N) is 1. The molecular weight excluding hydrogens is 314 g/mol. The van der Waals surface area contributed by atoms with E-state index in [9.17, 15) is 13.6 Å². The van der Waals surface area contributed by atoms with Gasteiger partial charge in [-0.1, -0.05) is 11.6 Å². The van der Waals surface area contributed by atoms with Crippen molar-refractivity contribution in [1.82, 2.24) is 10.3 Å².